The Balaban J connectivity index is 1.78. The highest BCUT2D eigenvalue weighted by Crippen LogP contribution is 2.48. The predicted octanol–water partition coefficient (Wildman–Crippen LogP) is 4.93. The van der Waals surface area contributed by atoms with Crippen LogP contribution in [0.3, 0.4) is 0 Å². The zero-order valence-corrected chi connectivity index (χ0v) is 24.0. The lowest BCUT2D eigenvalue weighted by Gasteiger charge is -2.38. The minimum atomic E-state index is -0.860. The number of amides is 2. The lowest BCUT2D eigenvalue weighted by molar-refractivity contribution is -0.141. The summed E-state index contributed by atoms with van der Waals surface area (Å²) in [6.45, 7) is 6.07. The number of aliphatic hydroxyl groups excluding tert-OH is 2. The summed E-state index contributed by atoms with van der Waals surface area (Å²) in [5.74, 6) is -2.96. The molecule has 1 aromatic rings. The Morgan fingerprint density at radius 1 is 1.05 bits per heavy atom. The molecule has 1 aromatic carbocycles. The van der Waals surface area contributed by atoms with Crippen molar-refractivity contribution in [1.29, 1.82) is 0 Å². The summed E-state index contributed by atoms with van der Waals surface area (Å²) in [6.07, 6.45) is 6.26. The Bertz CT molecular complexity index is 1100. The summed E-state index contributed by atoms with van der Waals surface area (Å²) < 4.78 is 0. The van der Waals surface area contributed by atoms with Crippen LogP contribution in [0.2, 0.25) is 0 Å². The van der Waals surface area contributed by atoms with Crippen molar-refractivity contribution in [3.63, 3.8) is 0 Å². The van der Waals surface area contributed by atoms with E-state index in [1.807, 2.05) is 26.0 Å². The molecule has 2 aliphatic rings. The Hall–Kier alpha value is -2.97. The van der Waals surface area contributed by atoms with Crippen molar-refractivity contribution in [3.8, 4) is 5.75 Å². The molecule has 0 unspecified atom stereocenters. The van der Waals surface area contributed by atoms with Gasteiger partial charge in [0.15, 0.2) is 0 Å². The molecule has 1 aliphatic carbocycles. The van der Waals surface area contributed by atoms with Crippen LogP contribution in [0.15, 0.2) is 41.0 Å². The third-order valence-corrected chi connectivity index (χ3v) is 8.31. The number of phenolic OH excluding ortho intramolecular Hbond substituents is 1. The summed E-state index contributed by atoms with van der Waals surface area (Å²) in [5, 5.41) is 40.4. The fourth-order valence-corrected chi connectivity index (χ4v) is 6.33. The minimum absolute atomic E-state index is 0.0512. The summed E-state index contributed by atoms with van der Waals surface area (Å²) in [7, 11) is 0. The van der Waals surface area contributed by atoms with Crippen molar-refractivity contribution in [2.24, 2.45) is 23.7 Å². The van der Waals surface area contributed by atoms with Gasteiger partial charge in [0.1, 0.15) is 5.75 Å². The van der Waals surface area contributed by atoms with Crippen molar-refractivity contribution >= 4 is 23.9 Å². The van der Waals surface area contributed by atoms with Gasteiger partial charge in [0.25, 0.3) is 0 Å². The molecule has 3 rings (SSSR count). The van der Waals surface area contributed by atoms with Crippen LogP contribution in [-0.4, -0.2) is 62.4 Å². The standard InChI is InChI=1S/C32H45NO7/c1-4-8-21(17-22-10-13-23(35)14-11-22)12-15-27(36)29-24(20(2)3)18-25-30(26(29)19-34)32(40)33(31(25)39)16-7-5-6-9-28(37)38/h10-11,13-14,17,20,25-27,30,34-36H,4-9,12,15-16,18-19H2,1-3H3,(H,37,38)/b21-17+/t25-,26+,27-,30-/m1/s1. The lowest BCUT2D eigenvalue weighted by Crippen LogP contribution is -2.40. The van der Waals surface area contributed by atoms with Crippen molar-refractivity contribution in [1.82, 2.24) is 4.90 Å². The predicted molar refractivity (Wildman–Crippen MR) is 153 cm³/mol. The first-order valence-electron chi connectivity index (χ1n) is 14.7. The molecule has 0 bridgehead atoms. The van der Waals surface area contributed by atoms with E-state index >= 15 is 0 Å². The first kappa shape index (κ1) is 31.6. The first-order chi connectivity index (χ1) is 19.1. The molecule has 1 heterocycles. The van der Waals surface area contributed by atoms with Crippen molar-refractivity contribution < 1.29 is 34.8 Å². The fourth-order valence-electron chi connectivity index (χ4n) is 6.33. The van der Waals surface area contributed by atoms with Gasteiger partial charge in [-0.1, -0.05) is 63.0 Å². The number of rotatable bonds is 15. The minimum Gasteiger partial charge on any atom is -0.508 e. The van der Waals surface area contributed by atoms with Crippen molar-refractivity contribution in [2.45, 2.75) is 84.7 Å². The Kier molecular flexibility index (Phi) is 11.5. The fraction of sp³-hybridized carbons (Fsp3) is 0.594. The second-order valence-corrected chi connectivity index (χ2v) is 11.5. The largest absolute Gasteiger partial charge is 0.508 e. The smallest absolute Gasteiger partial charge is 0.303 e. The normalized spacial score (nSPS) is 22.3. The zero-order valence-electron chi connectivity index (χ0n) is 24.0. The highest BCUT2D eigenvalue weighted by molar-refractivity contribution is 6.05. The van der Waals surface area contributed by atoms with E-state index < -0.39 is 29.8 Å². The number of likely N-dealkylation sites (tertiary alicyclic amines) is 1. The van der Waals surface area contributed by atoms with E-state index in [2.05, 4.69) is 13.0 Å². The maximum absolute atomic E-state index is 13.5. The number of carboxylic acids is 1. The number of allylic oxidation sites excluding steroid dienone is 2. The van der Waals surface area contributed by atoms with Gasteiger partial charge in [-0.3, -0.25) is 19.3 Å². The average Bonchev–Trinajstić information content (AvgIpc) is 3.15. The number of aliphatic hydroxyl groups is 2. The van der Waals surface area contributed by atoms with Crippen LogP contribution < -0.4 is 0 Å². The molecule has 220 valence electrons. The van der Waals surface area contributed by atoms with Gasteiger partial charge in [-0.25, -0.2) is 0 Å². The second kappa shape index (κ2) is 14.6. The van der Waals surface area contributed by atoms with Gasteiger partial charge in [-0.05, 0) is 67.7 Å². The maximum Gasteiger partial charge on any atom is 0.303 e. The van der Waals surface area contributed by atoms with Crippen LogP contribution >= 0.6 is 0 Å². The zero-order chi connectivity index (χ0) is 29.4. The van der Waals surface area contributed by atoms with Crippen LogP contribution in [0.1, 0.15) is 84.1 Å². The molecular formula is C32H45NO7. The van der Waals surface area contributed by atoms with Crippen LogP contribution in [0.5, 0.6) is 5.75 Å². The number of carbonyl (C=O) groups excluding carboxylic acids is 2. The number of aliphatic carboxylic acids is 1. The van der Waals surface area contributed by atoms with Gasteiger partial charge < -0.3 is 20.4 Å². The van der Waals surface area contributed by atoms with E-state index in [-0.39, 0.29) is 43.1 Å². The molecule has 0 aromatic heterocycles. The van der Waals surface area contributed by atoms with Crippen molar-refractivity contribution in [2.75, 3.05) is 13.2 Å². The summed E-state index contributed by atoms with van der Waals surface area (Å²) in [5.41, 5.74) is 3.82. The molecule has 8 heteroatoms. The van der Waals surface area contributed by atoms with Crippen LogP contribution in [0.25, 0.3) is 6.08 Å². The Morgan fingerprint density at radius 3 is 2.35 bits per heavy atom. The Morgan fingerprint density at radius 2 is 1.75 bits per heavy atom. The number of hydrogen-bond donors (Lipinski definition) is 4. The monoisotopic (exact) mass is 555 g/mol. The van der Waals surface area contributed by atoms with E-state index in [0.29, 0.717) is 44.1 Å². The molecule has 4 N–H and O–H groups in total. The summed E-state index contributed by atoms with van der Waals surface area (Å²) in [6, 6.07) is 7.00. The van der Waals surface area contributed by atoms with E-state index in [1.165, 1.54) is 10.5 Å². The number of carboxylic acid groups (broad SMARTS) is 1. The number of fused-ring (bicyclic) bond motifs is 1. The number of hydrogen-bond acceptors (Lipinski definition) is 6. The molecule has 1 aliphatic heterocycles. The molecule has 4 atom stereocenters. The van der Waals surface area contributed by atoms with Crippen LogP contribution in [-0.2, 0) is 14.4 Å². The van der Waals surface area contributed by atoms with Crippen LogP contribution in [0, 0.1) is 23.7 Å². The van der Waals surface area contributed by atoms with E-state index in [1.54, 1.807) is 12.1 Å². The molecule has 0 spiro atoms. The summed E-state index contributed by atoms with van der Waals surface area (Å²) in [4.78, 5) is 38.9. The lowest BCUT2D eigenvalue weighted by atomic mass is 9.66. The van der Waals surface area contributed by atoms with Gasteiger partial charge in [0, 0.05) is 18.9 Å². The number of phenols is 1. The van der Waals surface area contributed by atoms with Gasteiger partial charge in [-0.2, -0.15) is 0 Å². The number of nitrogens with zero attached hydrogens (tertiary/aromatic N) is 1. The van der Waals surface area contributed by atoms with Gasteiger partial charge >= 0.3 is 5.97 Å². The average molecular weight is 556 g/mol. The quantitative estimate of drug-likeness (QED) is 0.137. The molecule has 40 heavy (non-hydrogen) atoms. The third-order valence-electron chi connectivity index (χ3n) is 8.31. The molecule has 0 saturated carbocycles. The highest BCUT2D eigenvalue weighted by Gasteiger charge is 2.54. The number of imide groups is 1. The number of unbranched alkanes of at least 4 members (excludes halogenated alkanes) is 2. The van der Waals surface area contributed by atoms with E-state index in [9.17, 15) is 29.7 Å². The Labute approximate surface area is 237 Å². The van der Waals surface area contributed by atoms with Gasteiger partial charge in [0.2, 0.25) is 11.8 Å². The van der Waals surface area contributed by atoms with Crippen molar-refractivity contribution in [3.05, 3.63) is 46.5 Å². The van der Waals surface area contributed by atoms with E-state index in [4.69, 9.17) is 5.11 Å². The number of benzene rings is 1. The molecule has 0 radical (unpaired) electrons. The topological polar surface area (TPSA) is 135 Å². The molecule has 2 amide bonds. The number of carbonyl (C=O) groups is 3. The molecule has 1 fully saturated rings. The second-order valence-electron chi connectivity index (χ2n) is 11.5. The van der Waals surface area contributed by atoms with E-state index in [0.717, 1.165) is 24.0 Å². The SMILES string of the molecule is CCC/C(=C\c1ccc(O)cc1)CC[C@@H](O)C1=C(C(C)C)C[C@H]2C(=O)N(CCCCCC(=O)O)C(=O)[C@H]2[C@H]1CO. The maximum atomic E-state index is 13.5. The number of aromatic hydroxyl groups is 1. The molecule has 1 saturated heterocycles. The van der Waals surface area contributed by atoms with Gasteiger partial charge in [-0.15, -0.1) is 0 Å². The third kappa shape index (κ3) is 7.61. The summed E-state index contributed by atoms with van der Waals surface area (Å²) >= 11 is 0. The molecule has 8 nitrogen and oxygen atoms in total. The highest BCUT2D eigenvalue weighted by atomic mass is 16.4. The van der Waals surface area contributed by atoms with Gasteiger partial charge in [0.05, 0.1) is 24.5 Å². The molecular weight excluding hydrogens is 510 g/mol. The van der Waals surface area contributed by atoms with Crippen LogP contribution in [0.4, 0.5) is 0 Å². The first-order valence-corrected chi connectivity index (χ1v) is 14.7.